The Morgan fingerprint density at radius 1 is 1.53 bits per heavy atom. The largest absolute Gasteiger partial charge is 0.359 e. The average molecular weight is 203 g/mol. The molecule has 0 saturated carbocycles. The number of pyridine rings is 1. The van der Waals surface area contributed by atoms with E-state index < -0.39 is 0 Å². The summed E-state index contributed by atoms with van der Waals surface area (Å²) in [5.41, 5.74) is 2.06. The van der Waals surface area contributed by atoms with E-state index in [0.717, 1.165) is 29.9 Å². The third-order valence-corrected chi connectivity index (χ3v) is 3.08. The first kappa shape index (κ1) is 8.85. The minimum atomic E-state index is 0.577. The number of fused-ring (bicyclic) bond motifs is 1. The fourth-order valence-electron chi connectivity index (χ4n) is 2.31. The van der Waals surface area contributed by atoms with Gasteiger partial charge in [0.15, 0.2) is 0 Å². The van der Waals surface area contributed by atoms with Crippen molar-refractivity contribution in [2.24, 2.45) is 0 Å². The summed E-state index contributed by atoms with van der Waals surface area (Å²) in [6.07, 6.45) is 3.00. The topological polar surface area (TPSA) is 51.0 Å². The number of rotatable bonds is 1. The first-order valence-corrected chi connectivity index (χ1v) is 5.28. The molecule has 0 spiro atoms. The molecule has 15 heavy (non-hydrogen) atoms. The molecular formula is C11H13N3O. The molecule has 4 nitrogen and oxygen atoms in total. The molecule has 1 fully saturated rings. The highest BCUT2D eigenvalue weighted by Crippen LogP contribution is 2.30. The molecule has 2 aromatic rings. The molecule has 0 radical (unpaired) electrons. The lowest BCUT2D eigenvalue weighted by atomic mass is 9.96. The summed E-state index contributed by atoms with van der Waals surface area (Å²) in [5, 5.41) is 8.42. The summed E-state index contributed by atoms with van der Waals surface area (Å²) in [5.74, 6) is 1.45. The van der Waals surface area contributed by atoms with E-state index in [0.29, 0.717) is 5.92 Å². The molecule has 78 valence electrons. The Labute approximate surface area is 87.7 Å². The van der Waals surface area contributed by atoms with Crippen molar-refractivity contribution in [3.05, 3.63) is 23.6 Å². The fraction of sp³-hybridized carbons (Fsp3) is 0.455. The summed E-state index contributed by atoms with van der Waals surface area (Å²) in [6.45, 7) is 4.09. The number of hydrogen-bond donors (Lipinski definition) is 1. The van der Waals surface area contributed by atoms with E-state index in [1.54, 1.807) is 0 Å². The maximum absolute atomic E-state index is 5.18. The zero-order valence-electron chi connectivity index (χ0n) is 8.66. The Hall–Kier alpha value is -1.42. The van der Waals surface area contributed by atoms with Gasteiger partial charge in [0.1, 0.15) is 5.76 Å². The highest BCUT2D eigenvalue weighted by molar-refractivity contribution is 5.81. The summed E-state index contributed by atoms with van der Waals surface area (Å²) in [4.78, 5) is 4.21. The second kappa shape index (κ2) is 3.31. The van der Waals surface area contributed by atoms with E-state index in [1.807, 2.05) is 13.1 Å². The van der Waals surface area contributed by atoms with Crippen LogP contribution in [-0.2, 0) is 0 Å². The van der Waals surface area contributed by atoms with E-state index in [4.69, 9.17) is 4.52 Å². The van der Waals surface area contributed by atoms with Crippen LogP contribution in [0.15, 0.2) is 16.8 Å². The maximum Gasteiger partial charge on any atom is 0.203 e. The molecule has 2 aromatic heterocycles. The minimum absolute atomic E-state index is 0.577. The van der Waals surface area contributed by atoms with Crippen LogP contribution in [0.5, 0.6) is 0 Å². The van der Waals surface area contributed by atoms with Gasteiger partial charge in [-0.05, 0) is 37.4 Å². The quantitative estimate of drug-likeness (QED) is 0.765. The van der Waals surface area contributed by atoms with Crippen LogP contribution in [0.4, 0.5) is 0 Å². The van der Waals surface area contributed by atoms with Crippen molar-refractivity contribution in [1.29, 1.82) is 0 Å². The van der Waals surface area contributed by atoms with Crippen LogP contribution in [0.25, 0.3) is 11.0 Å². The highest BCUT2D eigenvalue weighted by atomic mass is 16.5. The van der Waals surface area contributed by atoms with E-state index in [2.05, 4.69) is 21.5 Å². The van der Waals surface area contributed by atoms with Gasteiger partial charge in [-0.25, -0.2) is 4.98 Å². The Kier molecular flexibility index (Phi) is 1.95. The van der Waals surface area contributed by atoms with Crippen LogP contribution in [0.2, 0.25) is 0 Å². The Bertz CT molecular complexity index is 486. The van der Waals surface area contributed by atoms with Gasteiger partial charge in [0.05, 0.1) is 5.39 Å². The van der Waals surface area contributed by atoms with Gasteiger partial charge in [0, 0.05) is 12.7 Å². The summed E-state index contributed by atoms with van der Waals surface area (Å²) < 4.78 is 5.18. The third-order valence-electron chi connectivity index (χ3n) is 3.08. The fourth-order valence-corrected chi connectivity index (χ4v) is 2.31. The second-order valence-electron chi connectivity index (χ2n) is 4.03. The predicted molar refractivity (Wildman–Crippen MR) is 56.8 cm³/mol. The lowest BCUT2D eigenvalue weighted by Crippen LogP contribution is -2.08. The number of aryl methyl sites for hydroxylation is 1. The van der Waals surface area contributed by atoms with Crippen LogP contribution in [-0.4, -0.2) is 23.2 Å². The molecular weight excluding hydrogens is 190 g/mol. The van der Waals surface area contributed by atoms with Crippen LogP contribution < -0.4 is 5.32 Å². The molecule has 1 unspecified atom stereocenters. The van der Waals surface area contributed by atoms with Crippen molar-refractivity contribution in [3.8, 4) is 0 Å². The standard InChI is InChI=1S/C11H13N3O/c1-7-10-9(8-2-4-12-6-8)3-5-13-11(10)14-15-7/h3,5,8,12H,2,4,6H2,1H3. The highest BCUT2D eigenvalue weighted by Gasteiger charge is 2.21. The van der Waals surface area contributed by atoms with Crippen LogP contribution in [0.3, 0.4) is 0 Å². The number of aromatic nitrogens is 2. The molecule has 1 atom stereocenters. The van der Waals surface area contributed by atoms with Gasteiger partial charge < -0.3 is 9.84 Å². The van der Waals surface area contributed by atoms with Crippen molar-refractivity contribution in [2.45, 2.75) is 19.3 Å². The molecule has 0 aromatic carbocycles. The van der Waals surface area contributed by atoms with Crippen molar-refractivity contribution >= 4 is 11.0 Å². The molecule has 0 aliphatic carbocycles. The summed E-state index contributed by atoms with van der Waals surface area (Å²) >= 11 is 0. The molecule has 4 heteroatoms. The van der Waals surface area contributed by atoms with E-state index in [9.17, 15) is 0 Å². The van der Waals surface area contributed by atoms with Gasteiger partial charge in [-0.3, -0.25) is 0 Å². The first-order chi connectivity index (χ1) is 7.36. The van der Waals surface area contributed by atoms with Crippen molar-refractivity contribution in [3.63, 3.8) is 0 Å². The van der Waals surface area contributed by atoms with Gasteiger partial charge in [0.2, 0.25) is 5.65 Å². The van der Waals surface area contributed by atoms with Gasteiger partial charge in [0.25, 0.3) is 0 Å². The SMILES string of the molecule is Cc1onc2nccc(C3CCNC3)c12. The minimum Gasteiger partial charge on any atom is -0.359 e. The Balaban J connectivity index is 2.19. The lowest BCUT2D eigenvalue weighted by Gasteiger charge is -2.08. The van der Waals surface area contributed by atoms with Gasteiger partial charge in [-0.1, -0.05) is 5.16 Å². The monoisotopic (exact) mass is 203 g/mol. The zero-order chi connectivity index (χ0) is 10.3. The Morgan fingerprint density at radius 2 is 2.47 bits per heavy atom. The summed E-state index contributed by atoms with van der Waals surface area (Å²) in [6, 6.07) is 2.09. The van der Waals surface area contributed by atoms with Crippen LogP contribution in [0, 0.1) is 6.92 Å². The predicted octanol–water partition coefficient (Wildman–Crippen LogP) is 1.61. The normalized spacial score (nSPS) is 21.3. The number of nitrogens with zero attached hydrogens (tertiary/aromatic N) is 2. The van der Waals surface area contributed by atoms with Gasteiger partial charge in [-0.15, -0.1) is 0 Å². The lowest BCUT2D eigenvalue weighted by molar-refractivity contribution is 0.404. The van der Waals surface area contributed by atoms with E-state index >= 15 is 0 Å². The molecule has 1 N–H and O–H groups in total. The molecule has 0 bridgehead atoms. The maximum atomic E-state index is 5.18. The molecule has 1 saturated heterocycles. The van der Waals surface area contributed by atoms with Crippen molar-refractivity contribution in [1.82, 2.24) is 15.5 Å². The summed E-state index contributed by atoms with van der Waals surface area (Å²) in [7, 11) is 0. The molecule has 1 aliphatic heterocycles. The average Bonchev–Trinajstić information content (AvgIpc) is 2.88. The molecule has 3 rings (SSSR count). The van der Waals surface area contributed by atoms with Gasteiger partial charge in [-0.2, -0.15) is 0 Å². The van der Waals surface area contributed by atoms with Crippen LogP contribution >= 0.6 is 0 Å². The second-order valence-corrected chi connectivity index (χ2v) is 4.03. The van der Waals surface area contributed by atoms with Crippen molar-refractivity contribution < 1.29 is 4.52 Å². The van der Waals surface area contributed by atoms with Gasteiger partial charge >= 0.3 is 0 Å². The Morgan fingerprint density at radius 3 is 3.27 bits per heavy atom. The van der Waals surface area contributed by atoms with E-state index in [-0.39, 0.29) is 0 Å². The number of hydrogen-bond acceptors (Lipinski definition) is 4. The number of nitrogens with one attached hydrogen (secondary N) is 1. The molecule has 3 heterocycles. The van der Waals surface area contributed by atoms with Crippen molar-refractivity contribution in [2.75, 3.05) is 13.1 Å². The van der Waals surface area contributed by atoms with E-state index in [1.165, 1.54) is 12.0 Å². The molecule has 0 amide bonds. The van der Waals surface area contributed by atoms with Crippen LogP contribution in [0.1, 0.15) is 23.7 Å². The zero-order valence-corrected chi connectivity index (χ0v) is 8.66. The smallest absolute Gasteiger partial charge is 0.203 e. The third kappa shape index (κ3) is 1.33. The molecule has 1 aliphatic rings. The first-order valence-electron chi connectivity index (χ1n) is 5.28.